The number of amides is 1. The molecule has 0 saturated carbocycles. The quantitative estimate of drug-likeness (QED) is 0.421. The molecule has 1 saturated heterocycles. The summed E-state index contributed by atoms with van der Waals surface area (Å²) in [5.41, 5.74) is 3.03. The summed E-state index contributed by atoms with van der Waals surface area (Å²) in [7, 11) is 0. The van der Waals surface area contributed by atoms with Gasteiger partial charge in [-0.3, -0.25) is 14.3 Å². The Labute approximate surface area is 223 Å². The number of piperazine rings is 1. The van der Waals surface area contributed by atoms with Crippen LogP contribution >= 0.6 is 0 Å². The van der Waals surface area contributed by atoms with Crippen LogP contribution in [0.1, 0.15) is 49.2 Å². The van der Waals surface area contributed by atoms with E-state index in [0.29, 0.717) is 32.1 Å². The van der Waals surface area contributed by atoms with Crippen molar-refractivity contribution in [3.8, 4) is 17.4 Å². The highest BCUT2D eigenvalue weighted by molar-refractivity contribution is 5.76. The van der Waals surface area contributed by atoms with Gasteiger partial charge in [0, 0.05) is 56.7 Å². The number of carbonyl (C=O) groups excluding carboxylic acids is 1. The van der Waals surface area contributed by atoms with Gasteiger partial charge in [0.1, 0.15) is 19.5 Å². The van der Waals surface area contributed by atoms with Gasteiger partial charge < -0.3 is 20.1 Å². The summed E-state index contributed by atoms with van der Waals surface area (Å²) >= 11 is 0. The molecule has 3 aromatic rings. The first kappa shape index (κ1) is 26.1. The van der Waals surface area contributed by atoms with E-state index in [-0.39, 0.29) is 18.0 Å². The molecule has 2 aromatic heterocycles. The van der Waals surface area contributed by atoms with Gasteiger partial charge in [0.2, 0.25) is 11.9 Å². The average molecular weight is 520 g/mol. The van der Waals surface area contributed by atoms with Crippen LogP contribution in [0.2, 0.25) is 0 Å². The van der Waals surface area contributed by atoms with E-state index < -0.39 is 0 Å². The molecule has 38 heavy (non-hydrogen) atoms. The second-order valence-electron chi connectivity index (χ2n) is 9.89. The van der Waals surface area contributed by atoms with Crippen LogP contribution in [0.3, 0.4) is 0 Å². The maximum atomic E-state index is 13.0. The first-order chi connectivity index (χ1) is 18.6. The summed E-state index contributed by atoms with van der Waals surface area (Å²) in [5.74, 6) is 2.25. The molecule has 10 nitrogen and oxygen atoms in total. The van der Waals surface area contributed by atoms with Crippen LogP contribution in [-0.4, -0.2) is 75.8 Å². The molecule has 2 atom stereocenters. The van der Waals surface area contributed by atoms with Crippen molar-refractivity contribution in [3.05, 3.63) is 59.9 Å². The lowest BCUT2D eigenvalue weighted by Crippen LogP contribution is -2.54. The summed E-state index contributed by atoms with van der Waals surface area (Å²) < 4.78 is 13.1. The minimum absolute atomic E-state index is 0.0643. The predicted octanol–water partition coefficient (Wildman–Crippen LogP) is 2.61. The zero-order valence-corrected chi connectivity index (χ0v) is 22.2. The Morgan fingerprint density at radius 3 is 2.89 bits per heavy atom. The standard InChI is InChI=1S/C28H37N7O3/c1-3-4-24(23-15-20(2)32-28(33-23)34-11-9-30-19-34)35-12-10-29-18-22(35)17-27(36)31-8-7-21-5-6-25-26(16-21)38-14-13-37-25/h5-6,9,11,15-16,19,22,24,29H,3-4,7-8,10,12-14,17-18H2,1-2H3,(H,31,36). The van der Waals surface area contributed by atoms with Gasteiger partial charge >= 0.3 is 0 Å². The minimum Gasteiger partial charge on any atom is -0.486 e. The van der Waals surface area contributed by atoms with Gasteiger partial charge in [0.15, 0.2) is 11.5 Å². The highest BCUT2D eigenvalue weighted by Gasteiger charge is 2.32. The largest absolute Gasteiger partial charge is 0.486 e. The van der Waals surface area contributed by atoms with E-state index in [1.165, 1.54) is 0 Å². The molecule has 0 bridgehead atoms. The fourth-order valence-corrected chi connectivity index (χ4v) is 5.25. The summed E-state index contributed by atoms with van der Waals surface area (Å²) in [6.07, 6.45) is 8.46. The number of hydrogen-bond donors (Lipinski definition) is 2. The Balaban J connectivity index is 1.23. The van der Waals surface area contributed by atoms with Gasteiger partial charge in [0.25, 0.3) is 0 Å². The molecular weight excluding hydrogens is 482 g/mol. The van der Waals surface area contributed by atoms with Crippen molar-refractivity contribution < 1.29 is 14.3 Å². The molecule has 2 N–H and O–H groups in total. The topological polar surface area (TPSA) is 106 Å². The fraction of sp³-hybridized carbons (Fsp3) is 0.500. The molecule has 10 heteroatoms. The average Bonchev–Trinajstić information content (AvgIpc) is 3.47. The third-order valence-electron chi connectivity index (χ3n) is 7.06. The Kier molecular flexibility index (Phi) is 8.50. The van der Waals surface area contributed by atoms with Crippen molar-refractivity contribution in [1.82, 2.24) is 35.1 Å². The summed E-state index contributed by atoms with van der Waals surface area (Å²) in [5, 5.41) is 6.61. The molecule has 2 unspecified atom stereocenters. The van der Waals surface area contributed by atoms with Crippen LogP contribution in [0.5, 0.6) is 11.5 Å². The molecule has 2 aliphatic rings. The Bertz CT molecular complexity index is 1220. The second kappa shape index (κ2) is 12.4. The molecule has 0 aliphatic carbocycles. The first-order valence-corrected chi connectivity index (χ1v) is 13.6. The number of aromatic nitrogens is 4. The van der Waals surface area contributed by atoms with Crippen LogP contribution in [0, 0.1) is 6.92 Å². The lowest BCUT2D eigenvalue weighted by atomic mass is 9.99. The highest BCUT2D eigenvalue weighted by Crippen LogP contribution is 2.31. The minimum atomic E-state index is 0.0643. The number of benzene rings is 1. The van der Waals surface area contributed by atoms with Gasteiger partial charge in [-0.1, -0.05) is 19.4 Å². The number of aryl methyl sites for hydroxylation is 1. The number of fused-ring (bicyclic) bond motifs is 1. The number of ether oxygens (including phenoxy) is 2. The first-order valence-electron chi connectivity index (χ1n) is 13.6. The van der Waals surface area contributed by atoms with E-state index in [9.17, 15) is 4.79 Å². The normalized spacial score (nSPS) is 18.2. The van der Waals surface area contributed by atoms with E-state index in [1.54, 1.807) is 12.5 Å². The number of carbonyl (C=O) groups is 1. The Morgan fingerprint density at radius 2 is 2.08 bits per heavy atom. The van der Waals surface area contributed by atoms with E-state index in [2.05, 4.69) is 38.5 Å². The maximum Gasteiger partial charge on any atom is 0.235 e. The summed E-state index contributed by atoms with van der Waals surface area (Å²) in [6, 6.07) is 8.25. The van der Waals surface area contributed by atoms with Crippen molar-refractivity contribution in [2.75, 3.05) is 39.4 Å². The van der Waals surface area contributed by atoms with Crippen molar-refractivity contribution in [2.24, 2.45) is 0 Å². The monoisotopic (exact) mass is 519 g/mol. The van der Waals surface area contributed by atoms with Crippen molar-refractivity contribution in [2.45, 2.75) is 51.6 Å². The molecule has 202 valence electrons. The van der Waals surface area contributed by atoms with E-state index in [1.807, 2.05) is 35.9 Å². The van der Waals surface area contributed by atoms with E-state index >= 15 is 0 Å². The Morgan fingerprint density at radius 1 is 1.21 bits per heavy atom. The molecule has 0 radical (unpaired) electrons. The summed E-state index contributed by atoms with van der Waals surface area (Å²) in [4.78, 5) is 29.2. The van der Waals surface area contributed by atoms with Gasteiger partial charge in [-0.25, -0.2) is 15.0 Å². The van der Waals surface area contributed by atoms with Crippen molar-refractivity contribution >= 4 is 5.91 Å². The van der Waals surface area contributed by atoms with E-state index in [0.717, 1.165) is 67.3 Å². The van der Waals surface area contributed by atoms with Crippen molar-refractivity contribution in [1.29, 1.82) is 0 Å². The van der Waals surface area contributed by atoms with Gasteiger partial charge in [0.05, 0.1) is 11.7 Å². The number of imidazole rings is 1. The molecule has 1 aromatic carbocycles. The highest BCUT2D eigenvalue weighted by atomic mass is 16.6. The van der Waals surface area contributed by atoms with Crippen LogP contribution in [0.15, 0.2) is 43.0 Å². The van der Waals surface area contributed by atoms with E-state index in [4.69, 9.17) is 14.5 Å². The zero-order valence-electron chi connectivity index (χ0n) is 22.2. The van der Waals surface area contributed by atoms with Crippen LogP contribution in [-0.2, 0) is 11.2 Å². The number of nitrogens with one attached hydrogen (secondary N) is 2. The molecular formula is C28H37N7O3. The number of nitrogens with zero attached hydrogens (tertiary/aromatic N) is 5. The van der Waals surface area contributed by atoms with Crippen LogP contribution < -0.4 is 20.1 Å². The maximum absolute atomic E-state index is 13.0. The zero-order chi connectivity index (χ0) is 26.3. The molecule has 5 rings (SSSR count). The predicted molar refractivity (Wildman–Crippen MR) is 144 cm³/mol. The van der Waals surface area contributed by atoms with Gasteiger partial charge in [-0.2, -0.15) is 0 Å². The SMILES string of the molecule is CCCC(c1cc(C)nc(-n2ccnc2)n1)N1CCNCC1CC(=O)NCCc1ccc2c(c1)OCCO2. The van der Waals surface area contributed by atoms with Gasteiger partial charge in [-0.15, -0.1) is 0 Å². The van der Waals surface area contributed by atoms with Crippen molar-refractivity contribution in [3.63, 3.8) is 0 Å². The molecule has 4 heterocycles. The fourth-order valence-electron chi connectivity index (χ4n) is 5.25. The third kappa shape index (κ3) is 6.31. The molecule has 1 amide bonds. The smallest absolute Gasteiger partial charge is 0.235 e. The lowest BCUT2D eigenvalue weighted by molar-refractivity contribution is -0.122. The second-order valence-corrected chi connectivity index (χ2v) is 9.89. The molecule has 2 aliphatic heterocycles. The van der Waals surface area contributed by atoms with Crippen LogP contribution in [0.4, 0.5) is 0 Å². The van der Waals surface area contributed by atoms with Gasteiger partial charge in [-0.05, 0) is 43.5 Å². The summed E-state index contributed by atoms with van der Waals surface area (Å²) in [6.45, 7) is 8.45. The van der Waals surface area contributed by atoms with Crippen LogP contribution in [0.25, 0.3) is 5.95 Å². The Hall–Kier alpha value is -3.50. The molecule has 0 spiro atoms. The molecule has 1 fully saturated rings. The number of rotatable bonds is 10. The lowest BCUT2D eigenvalue weighted by Gasteiger charge is -2.41. The number of hydrogen-bond acceptors (Lipinski definition) is 8. The third-order valence-corrected chi connectivity index (χ3v) is 7.06.